The zero-order valence-electron chi connectivity index (χ0n) is 17.9. The maximum absolute atomic E-state index is 12.8. The molecular weight excluding hydrogens is 449 g/mol. The van der Waals surface area contributed by atoms with Gasteiger partial charge in [0.2, 0.25) is 0 Å². The number of halogens is 3. The Labute approximate surface area is 193 Å². The molecular formula is C25H19F3N2O4. The van der Waals surface area contributed by atoms with Gasteiger partial charge in [0, 0.05) is 22.5 Å². The van der Waals surface area contributed by atoms with Gasteiger partial charge in [-0.15, -0.1) is 0 Å². The number of hydrogen-bond donors (Lipinski definition) is 2. The first-order valence-electron chi connectivity index (χ1n) is 10.1. The Bertz CT molecular complexity index is 1290. The maximum Gasteiger partial charge on any atom is 0.416 e. The van der Waals surface area contributed by atoms with Gasteiger partial charge in [-0.05, 0) is 48.0 Å². The minimum Gasteiger partial charge on any atom is -0.493 e. The number of rotatable bonds is 6. The van der Waals surface area contributed by atoms with Crippen molar-refractivity contribution in [2.45, 2.75) is 6.18 Å². The first-order valence-corrected chi connectivity index (χ1v) is 10.1. The fourth-order valence-corrected chi connectivity index (χ4v) is 3.46. The van der Waals surface area contributed by atoms with Crippen molar-refractivity contribution in [3.05, 3.63) is 83.4 Å². The third-order valence-electron chi connectivity index (χ3n) is 5.04. The quantitative estimate of drug-likeness (QED) is 0.486. The molecule has 6 nitrogen and oxygen atoms in total. The third-order valence-corrected chi connectivity index (χ3v) is 5.04. The van der Waals surface area contributed by atoms with Crippen molar-refractivity contribution in [3.8, 4) is 11.5 Å². The van der Waals surface area contributed by atoms with Gasteiger partial charge in [-0.3, -0.25) is 9.59 Å². The van der Waals surface area contributed by atoms with Gasteiger partial charge >= 0.3 is 6.18 Å². The van der Waals surface area contributed by atoms with Crippen LogP contribution in [0.1, 0.15) is 16.7 Å². The molecule has 1 aliphatic rings. The highest BCUT2D eigenvalue weighted by atomic mass is 19.4. The molecule has 0 spiro atoms. The molecule has 0 bridgehead atoms. The Balaban J connectivity index is 1.45. The summed E-state index contributed by atoms with van der Waals surface area (Å²) < 4.78 is 49.3. The molecule has 0 atom stereocenters. The lowest BCUT2D eigenvalue weighted by Gasteiger charge is -2.12. The second kappa shape index (κ2) is 9.30. The summed E-state index contributed by atoms with van der Waals surface area (Å²) in [4.78, 5) is 24.5. The number of benzene rings is 3. The summed E-state index contributed by atoms with van der Waals surface area (Å²) in [5, 5.41) is 5.18. The van der Waals surface area contributed by atoms with Gasteiger partial charge in [-0.2, -0.15) is 13.2 Å². The number of amides is 2. The van der Waals surface area contributed by atoms with Crippen molar-refractivity contribution < 1.29 is 32.2 Å². The number of methoxy groups -OCH3 is 1. The predicted octanol–water partition coefficient (Wildman–Crippen LogP) is 5.22. The summed E-state index contributed by atoms with van der Waals surface area (Å²) in [6.45, 7) is -0.442. The maximum atomic E-state index is 12.8. The van der Waals surface area contributed by atoms with E-state index in [9.17, 15) is 22.8 Å². The van der Waals surface area contributed by atoms with Crippen molar-refractivity contribution in [2.24, 2.45) is 0 Å². The lowest BCUT2D eigenvalue weighted by atomic mass is 10.0. The Kier molecular flexibility index (Phi) is 6.27. The summed E-state index contributed by atoms with van der Waals surface area (Å²) in [5.41, 5.74) is 1.85. The molecule has 0 aliphatic carbocycles. The molecule has 2 N–H and O–H groups in total. The normalized spacial score (nSPS) is 13.9. The standard InChI is InChI=1S/C25H19F3N2O4/c1-33-22-12-15(11-19-18-7-2-3-8-20(18)30-24(19)32)9-10-21(22)34-14-23(31)29-17-6-4-5-16(13-17)25(26,27)28/h2-13H,14H2,1H3,(H,29,31)(H,30,32). The Morgan fingerprint density at radius 1 is 1.03 bits per heavy atom. The molecule has 0 saturated carbocycles. The highest BCUT2D eigenvalue weighted by Gasteiger charge is 2.30. The number of nitrogens with one attached hydrogen (secondary N) is 2. The number of anilines is 2. The van der Waals surface area contributed by atoms with Crippen LogP contribution in [0.3, 0.4) is 0 Å². The molecule has 0 saturated heterocycles. The first kappa shape index (κ1) is 22.9. The fraction of sp³-hybridized carbons (Fsp3) is 0.120. The number of carbonyl (C=O) groups is 2. The predicted molar refractivity (Wildman–Crippen MR) is 122 cm³/mol. The van der Waals surface area contributed by atoms with Crippen molar-refractivity contribution >= 4 is 34.8 Å². The van der Waals surface area contributed by atoms with E-state index in [-0.39, 0.29) is 17.3 Å². The van der Waals surface area contributed by atoms with Crippen LogP contribution >= 0.6 is 0 Å². The molecule has 0 unspecified atom stereocenters. The van der Waals surface area contributed by atoms with Crippen molar-refractivity contribution in [3.63, 3.8) is 0 Å². The highest BCUT2D eigenvalue weighted by molar-refractivity contribution is 6.34. The van der Waals surface area contributed by atoms with Crippen LogP contribution in [0.15, 0.2) is 66.7 Å². The molecule has 3 aromatic rings. The minimum atomic E-state index is -4.51. The molecule has 1 heterocycles. The van der Waals surface area contributed by atoms with Crippen LogP contribution in [0.2, 0.25) is 0 Å². The largest absolute Gasteiger partial charge is 0.493 e. The average molecular weight is 468 g/mol. The molecule has 2 amide bonds. The van der Waals surface area contributed by atoms with Gasteiger partial charge in [0.1, 0.15) is 0 Å². The number of carbonyl (C=O) groups excluding carboxylic acids is 2. The lowest BCUT2D eigenvalue weighted by Crippen LogP contribution is -2.20. The molecule has 1 aliphatic heterocycles. The van der Waals surface area contributed by atoms with Gasteiger partial charge < -0.3 is 20.1 Å². The van der Waals surface area contributed by atoms with E-state index in [0.29, 0.717) is 16.9 Å². The summed E-state index contributed by atoms with van der Waals surface area (Å²) >= 11 is 0. The average Bonchev–Trinajstić information content (AvgIpc) is 3.12. The van der Waals surface area contributed by atoms with Crippen LogP contribution in [0.4, 0.5) is 24.5 Å². The molecule has 9 heteroatoms. The Morgan fingerprint density at radius 3 is 2.59 bits per heavy atom. The Hall–Kier alpha value is -4.27. The van der Waals surface area contributed by atoms with Gasteiger partial charge in [0.15, 0.2) is 18.1 Å². The number of ether oxygens (including phenoxy) is 2. The summed E-state index contributed by atoms with van der Waals surface area (Å²) in [6.07, 6.45) is -2.79. The van der Waals surface area contributed by atoms with E-state index >= 15 is 0 Å². The van der Waals surface area contributed by atoms with E-state index in [0.717, 1.165) is 23.4 Å². The molecule has 174 valence electrons. The SMILES string of the molecule is COc1cc(C=C2C(=O)Nc3ccccc32)ccc1OCC(=O)Nc1cccc(C(F)(F)F)c1. The summed E-state index contributed by atoms with van der Waals surface area (Å²) in [6, 6.07) is 16.6. The number of alkyl halides is 3. The van der Waals surface area contributed by atoms with Crippen molar-refractivity contribution in [2.75, 3.05) is 24.4 Å². The summed E-state index contributed by atoms with van der Waals surface area (Å²) in [7, 11) is 1.43. The fourth-order valence-electron chi connectivity index (χ4n) is 3.46. The molecule has 34 heavy (non-hydrogen) atoms. The second-order valence-corrected chi connectivity index (χ2v) is 7.38. The minimum absolute atomic E-state index is 0.00693. The van der Waals surface area contributed by atoms with Crippen LogP contribution in [0.5, 0.6) is 11.5 Å². The van der Waals surface area contributed by atoms with Gasteiger partial charge in [-0.25, -0.2) is 0 Å². The van der Waals surface area contributed by atoms with E-state index in [1.807, 2.05) is 24.3 Å². The topological polar surface area (TPSA) is 76.7 Å². The van der Waals surface area contributed by atoms with Crippen LogP contribution in [-0.2, 0) is 15.8 Å². The zero-order valence-corrected chi connectivity index (χ0v) is 17.9. The number of para-hydroxylation sites is 1. The molecule has 0 fully saturated rings. The van der Waals surface area contributed by atoms with E-state index in [4.69, 9.17) is 9.47 Å². The Morgan fingerprint density at radius 2 is 1.82 bits per heavy atom. The number of fused-ring (bicyclic) bond motifs is 1. The number of hydrogen-bond acceptors (Lipinski definition) is 4. The molecule has 3 aromatic carbocycles. The van der Waals surface area contributed by atoms with Crippen LogP contribution in [-0.4, -0.2) is 25.5 Å². The first-order chi connectivity index (χ1) is 16.2. The second-order valence-electron chi connectivity index (χ2n) is 7.38. The monoisotopic (exact) mass is 468 g/mol. The third kappa shape index (κ3) is 5.03. The van der Waals surface area contributed by atoms with E-state index in [1.54, 1.807) is 24.3 Å². The van der Waals surface area contributed by atoms with E-state index in [2.05, 4.69) is 10.6 Å². The van der Waals surface area contributed by atoms with Crippen molar-refractivity contribution in [1.82, 2.24) is 0 Å². The van der Waals surface area contributed by atoms with Gasteiger partial charge in [0.05, 0.1) is 12.7 Å². The van der Waals surface area contributed by atoms with Gasteiger partial charge in [-0.1, -0.05) is 30.3 Å². The smallest absolute Gasteiger partial charge is 0.416 e. The highest BCUT2D eigenvalue weighted by Crippen LogP contribution is 2.35. The van der Waals surface area contributed by atoms with E-state index in [1.165, 1.54) is 19.2 Å². The van der Waals surface area contributed by atoms with Gasteiger partial charge in [0.25, 0.3) is 11.8 Å². The zero-order chi connectivity index (χ0) is 24.3. The summed E-state index contributed by atoms with van der Waals surface area (Å²) in [5.74, 6) is -0.258. The van der Waals surface area contributed by atoms with Crippen LogP contribution in [0.25, 0.3) is 11.6 Å². The van der Waals surface area contributed by atoms with Crippen molar-refractivity contribution in [1.29, 1.82) is 0 Å². The lowest BCUT2D eigenvalue weighted by molar-refractivity contribution is -0.137. The van der Waals surface area contributed by atoms with Crippen LogP contribution < -0.4 is 20.1 Å². The molecule has 0 aromatic heterocycles. The molecule has 4 rings (SSSR count). The van der Waals surface area contributed by atoms with Crippen LogP contribution in [0, 0.1) is 0 Å². The molecule has 0 radical (unpaired) electrons. The van der Waals surface area contributed by atoms with E-state index < -0.39 is 24.3 Å².